The molecule has 15 heavy (non-hydrogen) atoms. The van der Waals surface area contributed by atoms with Crippen LogP contribution in [0.2, 0.25) is 0 Å². The minimum absolute atomic E-state index is 0.249. The smallest absolute Gasteiger partial charge is 0.231 e. The van der Waals surface area contributed by atoms with Crippen molar-refractivity contribution in [3.05, 3.63) is 34.8 Å². The largest absolute Gasteiger partial charge is 0.508 e. The van der Waals surface area contributed by atoms with Crippen LogP contribution in [0.25, 0.3) is 0 Å². The van der Waals surface area contributed by atoms with Gasteiger partial charge in [0, 0.05) is 6.21 Å². The highest BCUT2D eigenvalue weighted by atomic mass is 32.1. The van der Waals surface area contributed by atoms with Crippen molar-refractivity contribution in [2.24, 2.45) is 4.99 Å². The minimum atomic E-state index is 0.249. The maximum atomic E-state index is 9.08. The summed E-state index contributed by atoms with van der Waals surface area (Å²) in [5.74, 6) is 0.249. The summed E-state index contributed by atoms with van der Waals surface area (Å²) >= 11 is 1.44. The number of hydrogen-bond donors (Lipinski definition) is 1. The average Bonchev–Trinajstić information content (AvgIpc) is 2.64. The molecule has 2 aromatic rings. The van der Waals surface area contributed by atoms with Crippen molar-refractivity contribution in [3.63, 3.8) is 0 Å². The molecule has 0 aliphatic carbocycles. The van der Waals surface area contributed by atoms with Gasteiger partial charge in [-0.1, -0.05) is 11.3 Å². The highest BCUT2D eigenvalue weighted by Crippen LogP contribution is 2.17. The summed E-state index contributed by atoms with van der Waals surface area (Å²) in [6.45, 7) is 1.89. The standard InChI is InChI=1S/C10H9N3OS/c1-7-12-13-10(15-7)11-6-8-2-4-9(14)5-3-8/h2-6,14H,1H3/b11-6+. The first-order valence-electron chi connectivity index (χ1n) is 4.37. The number of nitrogens with zero attached hydrogens (tertiary/aromatic N) is 3. The number of rotatable bonds is 2. The van der Waals surface area contributed by atoms with Crippen LogP contribution in [0, 0.1) is 6.92 Å². The fraction of sp³-hybridized carbons (Fsp3) is 0.100. The van der Waals surface area contributed by atoms with Gasteiger partial charge >= 0.3 is 0 Å². The second-order valence-corrected chi connectivity index (χ2v) is 4.11. The molecule has 4 nitrogen and oxygen atoms in total. The van der Waals surface area contributed by atoms with E-state index in [4.69, 9.17) is 5.11 Å². The zero-order valence-electron chi connectivity index (χ0n) is 8.08. The minimum Gasteiger partial charge on any atom is -0.508 e. The van der Waals surface area contributed by atoms with E-state index in [0.717, 1.165) is 10.6 Å². The van der Waals surface area contributed by atoms with Gasteiger partial charge in [-0.3, -0.25) is 0 Å². The van der Waals surface area contributed by atoms with Gasteiger partial charge in [0.15, 0.2) is 0 Å². The molecule has 0 unspecified atom stereocenters. The van der Waals surface area contributed by atoms with Gasteiger partial charge in [0.2, 0.25) is 5.13 Å². The summed E-state index contributed by atoms with van der Waals surface area (Å²) in [7, 11) is 0. The lowest BCUT2D eigenvalue weighted by Crippen LogP contribution is -1.78. The normalized spacial score (nSPS) is 11.0. The lowest BCUT2D eigenvalue weighted by molar-refractivity contribution is 0.475. The van der Waals surface area contributed by atoms with Gasteiger partial charge < -0.3 is 5.11 Å². The number of hydrogen-bond acceptors (Lipinski definition) is 5. The van der Waals surface area contributed by atoms with Crippen molar-refractivity contribution >= 4 is 22.7 Å². The Labute approximate surface area is 91.0 Å². The number of aliphatic imine (C=N–C) groups is 1. The van der Waals surface area contributed by atoms with E-state index in [1.165, 1.54) is 11.3 Å². The maximum Gasteiger partial charge on any atom is 0.231 e. The third-order valence-corrected chi connectivity index (χ3v) is 2.48. The number of aromatic nitrogens is 2. The number of aryl methyl sites for hydroxylation is 1. The van der Waals surface area contributed by atoms with Crippen molar-refractivity contribution in [2.75, 3.05) is 0 Å². The molecule has 0 bridgehead atoms. The number of benzene rings is 1. The topological polar surface area (TPSA) is 58.4 Å². The van der Waals surface area contributed by atoms with Gasteiger partial charge in [-0.25, -0.2) is 4.99 Å². The highest BCUT2D eigenvalue weighted by molar-refractivity contribution is 7.14. The Kier molecular flexibility index (Phi) is 2.73. The SMILES string of the molecule is Cc1nnc(/N=C/c2ccc(O)cc2)s1. The molecule has 0 aliphatic heterocycles. The second-order valence-electron chi connectivity index (χ2n) is 2.95. The molecule has 1 N–H and O–H groups in total. The van der Waals surface area contributed by atoms with Crippen LogP contribution in [0.4, 0.5) is 5.13 Å². The van der Waals surface area contributed by atoms with Crippen molar-refractivity contribution in [2.45, 2.75) is 6.92 Å². The molecule has 0 amide bonds. The Bertz CT molecular complexity index is 476. The molecule has 1 aromatic carbocycles. The zero-order valence-corrected chi connectivity index (χ0v) is 8.90. The van der Waals surface area contributed by atoms with Crippen LogP contribution >= 0.6 is 11.3 Å². The lowest BCUT2D eigenvalue weighted by Gasteiger charge is -1.91. The summed E-state index contributed by atoms with van der Waals surface area (Å²) in [6.07, 6.45) is 1.69. The first-order chi connectivity index (χ1) is 7.24. The molecular formula is C10H9N3OS. The van der Waals surface area contributed by atoms with E-state index < -0.39 is 0 Å². The van der Waals surface area contributed by atoms with Crippen LogP contribution in [0.15, 0.2) is 29.3 Å². The van der Waals surface area contributed by atoms with E-state index in [1.54, 1.807) is 30.5 Å². The molecule has 1 aromatic heterocycles. The van der Waals surface area contributed by atoms with Crippen molar-refractivity contribution in [1.82, 2.24) is 10.2 Å². The van der Waals surface area contributed by atoms with E-state index in [9.17, 15) is 0 Å². The van der Waals surface area contributed by atoms with Crippen LogP contribution in [-0.4, -0.2) is 21.5 Å². The van der Waals surface area contributed by atoms with Gasteiger partial charge in [-0.2, -0.15) is 0 Å². The Morgan fingerprint density at radius 1 is 1.27 bits per heavy atom. The lowest BCUT2D eigenvalue weighted by atomic mass is 10.2. The van der Waals surface area contributed by atoms with Gasteiger partial charge in [0.25, 0.3) is 0 Å². The Morgan fingerprint density at radius 2 is 2.00 bits per heavy atom. The van der Waals surface area contributed by atoms with Crippen LogP contribution in [0.5, 0.6) is 5.75 Å². The van der Waals surface area contributed by atoms with E-state index in [0.29, 0.717) is 5.13 Å². The van der Waals surface area contributed by atoms with Gasteiger partial charge in [-0.05, 0) is 36.8 Å². The monoisotopic (exact) mass is 219 g/mol. The molecule has 76 valence electrons. The van der Waals surface area contributed by atoms with Crippen LogP contribution in [-0.2, 0) is 0 Å². The Hall–Kier alpha value is -1.75. The summed E-state index contributed by atoms with van der Waals surface area (Å²) in [5.41, 5.74) is 0.917. The fourth-order valence-electron chi connectivity index (χ4n) is 1.03. The molecule has 0 saturated carbocycles. The molecule has 0 fully saturated rings. The molecule has 0 aliphatic rings. The molecule has 0 spiro atoms. The number of phenolic OH excluding ortho intramolecular Hbond substituents is 1. The molecule has 5 heteroatoms. The quantitative estimate of drug-likeness (QED) is 0.788. The molecule has 0 radical (unpaired) electrons. The summed E-state index contributed by atoms with van der Waals surface area (Å²) in [6, 6.07) is 6.80. The van der Waals surface area contributed by atoms with Crippen molar-refractivity contribution in [1.29, 1.82) is 0 Å². The van der Waals surface area contributed by atoms with Crippen LogP contribution in [0.3, 0.4) is 0 Å². The first-order valence-corrected chi connectivity index (χ1v) is 5.19. The summed E-state index contributed by atoms with van der Waals surface area (Å²) in [5, 5.41) is 18.3. The zero-order chi connectivity index (χ0) is 10.7. The number of phenols is 1. The second kappa shape index (κ2) is 4.18. The molecular weight excluding hydrogens is 210 g/mol. The van der Waals surface area contributed by atoms with E-state index >= 15 is 0 Å². The maximum absolute atomic E-state index is 9.08. The van der Waals surface area contributed by atoms with E-state index in [2.05, 4.69) is 15.2 Å². The van der Waals surface area contributed by atoms with Crippen LogP contribution < -0.4 is 0 Å². The summed E-state index contributed by atoms with van der Waals surface area (Å²) < 4.78 is 0. The van der Waals surface area contributed by atoms with Gasteiger partial charge in [0.1, 0.15) is 10.8 Å². The predicted octanol–water partition coefficient (Wildman–Crippen LogP) is 2.30. The third kappa shape index (κ3) is 2.60. The van der Waals surface area contributed by atoms with Gasteiger partial charge in [-0.15, -0.1) is 10.2 Å². The molecule has 2 rings (SSSR count). The van der Waals surface area contributed by atoms with Crippen molar-refractivity contribution in [3.8, 4) is 5.75 Å². The van der Waals surface area contributed by atoms with Crippen LogP contribution in [0.1, 0.15) is 10.6 Å². The number of aromatic hydroxyl groups is 1. The average molecular weight is 219 g/mol. The Balaban J connectivity index is 2.14. The summed E-state index contributed by atoms with van der Waals surface area (Å²) in [4.78, 5) is 4.17. The predicted molar refractivity (Wildman–Crippen MR) is 60.0 cm³/mol. The van der Waals surface area contributed by atoms with Crippen molar-refractivity contribution < 1.29 is 5.11 Å². The highest BCUT2D eigenvalue weighted by Gasteiger charge is 1.95. The molecule has 1 heterocycles. The fourth-order valence-corrected chi connectivity index (χ4v) is 1.56. The molecule has 0 saturated heterocycles. The van der Waals surface area contributed by atoms with E-state index in [1.807, 2.05) is 6.92 Å². The van der Waals surface area contributed by atoms with Gasteiger partial charge in [0.05, 0.1) is 0 Å². The first kappa shape index (κ1) is 9.79. The third-order valence-electron chi connectivity index (χ3n) is 1.73. The van der Waals surface area contributed by atoms with E-state index in [-0.39, 0.29) is 5.75 Å². The molecule has 0 atom stereocenters. The Morgan fingerprint density at radius 3 is 2.60 bits per heavy atom.